The summed E-state index contributed by atoms with van der Waals surface area (Å²) in [5.41, 5.74) is 13.4. The second-order valence-corrected chi connectivity index (χ2v) is 6.49. The van der Waals surface area contributed by atoms with Crippen LogP contribution in [-0.2, 0) is 0 Å². The molecule has 106 valence electrons. The summed E-state index contributed by atoms with van der Waals surface area (Å²) >= 11 is 0. The van der Waals surface area contributed by atoms with Crippen LogP contribution in [0.3, 0.4) is 0 Å². The molecule has 0 bridgehead atoms. The van der Waals surface area contributed by atoms with Crippen LogP contribution in [0.15, 0.2) is 23.8 Å². The molecule has 0 aromatic rings. The highest BCUT2D eigenvalue weighted by Crippen LogP contribution is 2.31. The van der Waals surface area contributed by atoms with Gasteiger partial charge in [0.1, 0.15) is 0 Å². The molecule has 0 saturated carbocycles. The summed E-state index contributed by atoms with van der Waals surface area (Å²) in [6, 6.07) is 0. The Bertz CT molecular complexity index is 287. The molecule has 0 spiro atoms. The maximum absolute atomic E-state index is 6.36. The molecule has 0 aliphatic heterocycles. The predicted molar refractivity (Wildman–Crippen MR) is 82.4 cm³/mol. The molecule has 0 aliphatic rings. The smallest absolute Gasteiger partial charge is 0.0167 e. The molecular formula is C16H32N2. The summed E-state index contributed by atoms with van der Waals surface area (Å²) in [6.45, 7) is 12.6. The van der Waals surface area contributed by atoms with E-state index >= 15 is 0 Å². The Morgan fingerprint density at radius 1 is 1.06 bits per heavy atom. The number of nitrogens with two attached hydrogens (primary N) is 2. The van der Waals surface area contributed by atoms with Crippen molar-refractivity contribution in [2.45, 2.75) is 71.9 Å². The summed E-state index contributed by atoms with van der Waals surface area (Å²) in [5.74, 6) is 0.292. The number of hydrogen-bond donors (Lipinski definition) is 2. The van der Waals surface area contributed by atoms with E-state index in [-0.39, 0.29) is 11.1 Å². The van der Waals surface area contributed by atoms with E-state index in [0.29, 0.717) is 5.92 Å². The maximum Gasteiger partial charge on any atom is 0.0167 e. The topological polar surface area (TPSA) is 52.0 Å². The Hall–Kier alpha value is -0.600. The fourth-order valence-corrected chi connectivity index (χ4v) is 2.15. The Labute approximate surface area is 114 Å². The van der Waals surface area contributed by atoms with Gasteiger partial charge in [-0.05, 0) is 52.5 Å². The highest BCUT2D eigenvalue weighted by molar-refractivity contribution is 5.25. The quantitative estimate of drug-likeness (QED) is 0.678. The lowest BCUT2D eigenvalue weighted by Gasteiger charge is -2.36. The highest BCUT2D eigenvalue weighted by atomic mass is 14.8. The van der Waals surface area contributed by atoms with Crippen molar-refractivity contribution in [2.24, 2.45) is 17.4 Å². The minimum Gasteiger partial charge on any atom is -0.326 e. The Kier molecular flexibility index (Phi) is 6.87. The van der Waals surface area contributed by atoms with Crippen LogP contribution in [-0.4, -0.2) is 11.1 Å². The molecule has 0 fully saturated rings. The summed E-state index contributed by atoms with van der Waals surface area (Å²) in [6.07, 6.45) is 9.66. The molecule has 2 nitrogen and oxygen atoms in total. The van der Waals surface area contributed by atoms with E-state index in [0.717, 1.165) is 19.3 Å². The van der Waals surface area contributed by atoms with Gasteiger partial charge in [0.2, 0.25) is 0 Å². The van der Waals surface area contributed by atoms with Gasteiger partial charge in [-0.1, -0.05) is 32.1 Å². The summed E-state index contributed by atoms with van der Waals surface area (Å²) < 4.78 is 0. The normalized spacial score (nSPS) is 16.3. The van der Waals surface area contributed by atoms with Crippen LogP contribution in [0.5, 0.6) is 0 Å². The van der Waals surface area contributed by atoms with Gasteiger partial charge in [-0.3, -0.25) is 0 Å². The average Bonchev–Trinajstić information content (AvgIpc) is 2.18. The van der Waals surface area contributed by atoms with Crippen molar-refractivity contribution in [3.63, 3.8) is 0 Å². The lowest BCUT2D eigenvalue weighted by atomic mass is 9.75. The fourth-order valence-electron chi connectivity index (χ4n) is 2.15. The molecule has 0 aliphatic carbocycles. The first-order chi connectivity index (χ1) is 8.11. The fraction of sp³-hybridized carbons (Fsp3) is 0.750. The predicted octanol–water partition coefficient (Wildman–Crippen LogP) is 3.77. The third-order valence-corrected chi connectivity index (χ3v) is 3.02. The molecule has 1 unspecified atom stereocenters. The monoisotopic (exact) mass is 252 g/mol. The number of hydrogen-bond acceptors (Lipinski definition) is 2. The summed E-state index contributed by atoms with van der Waals surface area (Å²) in [5, 5.41) is 0. The zero-order valence-corrected chi connectivity index (χ0v) is 13.1. The Morgan fingerprint density at radius 3 is 1.94 bits per heavy atom. The molecule has 0 aromatic carbocycles. The van der Waals surface area contributed by atoms with Crippen molar-refractivity contribution in [3.05, 3.63) is 23.8 Å². The van der Waals surface area contributed by atoms with Gasteiger partial charge in [0, 0.05) is 17.0 Å². The van der Waals surface area contributed by atoms with E-state index < -0.39 is 0 Å². The molecule has 1 atom stereocenters. The van der Waals surface area contributed by atoms with Gasteiger partial charge in [-0.25, -0.2) is 0 Å². The van der Waals surface area contributed by atoms with Crippen LogP contribution in [0.2, 0.25) is 0 Å². The van der Waals surface area contributed by atoms with Crippen molar-refractivity contribution in [1.82, 2.24) is 0 Å². The molecule has 0 amide bonds. The average molecular weight is 252 g/mol. The second kappa shape index (κ2) is 7.10. The lowest BCUT2D eigenvalue weighted by Crippen LogP contribution is -2.47. The van der Waals surface area contributed by atoms with E-state index in [4.69, 9.17) is 11.5 Å². The van der Waals surface area contributed by atoms with Crippen LogP contribution < -0.4 is 11.5 Å². The van der Waals surface area contributed by atoms with Crippen molar-refractivity contribution >= 4 is 0 Å². The minimum absolute atomic E-state index is 0.200. The highest BCUT2D eigenvalue weighted by Gasteiger charge is 2.31. The molecule has 0 aromatic heterocycles. The first kappa shape index (κ1) is 17.4. The van der Waals surface area contributed by atoms with Crippen molar-refractivity contribution in [3.8, 4) is 0 Å². The number of rotatable bonds is 7. The van der Waals surface area contributed by atoms with Gasteiger partial charge in [0.05, 0.1) is 0 Å². The van der Waals surface area contributed by atoms with Crippen LogP contribution in [0.4, 0.5) is 0 Å². The van der Waals surface area contributed by atoms with Gasteiger partial charge < -0.3 is 11.5 Å². The molecule has 0 heterocycles. The second-order valence-electron chi connectivity index (χ2n) is 6.49. The Morgan fingerprint density at radius 2 is 1.61 bits per heavy atom. The minimum atomic E-state index is -0.254. The van der Waals surface area contributed by atoms with Crippen LogP contribution in [0, 0.1) is 5.92 Å². The Balaban J connectivity index is 5.26. The summed E-state index contributed by atoms with van der Waals surface area (Å²) in [7, 11) is 0. The summed E-state index contributed by atoms with van der Waals surface area (Å²) in [4.78, 5) is 0. The van der Waals surface area contributed by atoms with Crippen LogP contribution in [0.25, 0.3) is 0 Å². The molecule has 0 radical (unpaired) electrons. The van der Waals surface area contributed by atoms with E-state index in [1.807, 2.05) is 0 Å². The standard InChI is InChI=1S/C16H32N2/c1-7-9-11-13(10-8-2)14(16(5,6)18)12-15(3,4)17/h9-11,14H,7-8,12,17-18H2,1-6H3. The van der Waals surface area contributed by atoms with Crippen molar-refractivity contribution in [1.29, 1.82) is 0 Å². The SMILES string of the molecule is CCC=CC(=CCC)C(CC(C)(C)N)C(C)(C)N. The van der Waals surface area contributed by atoms with Gasteiger partial charge in [0.25, 0.3) is 0 Å². The molecule has 4 N–H and O–H groups in total. The van der Waals surface area contributed by atoms with Gasteiger partial charge in [-0.2, -0.15) is 0 Å². The molecule has 2 heteroatoms. The van der Waals surface area contributed by atoms with E-state index in [1.54, 1.807) is 0 Å². The van der Waals surface area contributed by atoms with Crippen molar-refractivity contribution in [2.75, 3.05) is 0 Å². The molecule has 18 heavy (non-hydrogen) atoms. The zero-order chi connectivity index (χ0) is 14.4. The van der Waals surface area contributed by atoms with Crippen molar-refractivity contribution < 1.29 is 0 Å². The van der Waals surface area contributed by atoms with Gasteiger partial charge >= 0.3 is 0 Å². The first-order valence-corrected chi connectivity index (χ1v) is 7.06. The van der Waals surface area contributed by atoms with Gasteiger partial charge in [-0.15, -0.1) is 0 Å². The lowest BCUT2D eigenvalue weighted by molar-refractivity contribution is 0.291. The van der Waals surface area contributed by atoms with E-state index in [2.05, 4.69) is 59.8 Å². The number of allylic oxidation sites excluding steroid dienone is 3. The van der Waals surface area contributed by atoms with Crippen LogP contribution >= 0.6 is 0 Å². The first-order valence-electron chi connectivity index (χ1n) is 7.06. The third-order valence-electron chi connectivity index (χ3n) is 3.02. The third kappa shape index (κ3) is 6.97. The van der Waals surface area contributed by atoms with E-state index in [1.165, 1.54) is 5.57 Å². The molecule has 0 rings (SSSR count). The molecular weight excluding hydrogens is 220 g/mol. The van der Waals surface area contributed by atoms with Crippen LogP contribution in [0.1, 0.15) is 60.8 Å². The zero-order valence-electron chi connectivity index (χ0n) is 13.1. The van der Waals surface area contributed by atoms with E-state index in [9.17, 15) is 0 Å². The molecule has 0 saturated heterocycles. The largest absolute Gasteiger partial charge is 0.326 e. The maximum atomic E-state index is 6.36. The van der Waals surface area contributed by atoms with Gasteiger partial charge in [0.15, 0.2) is 0 Å².